The van der Waals surface area contributed by atoms with E-state index in [2.05, 4.69) is 224 Å². The third kappa shape index (κ3) is 4.57. The van der Waals surface area contributed by atoms with Crippen LogP contribution >= 0.6 is 0 Å². The first kappa shape index (κ1) is 35.9. The minimum absolute atomic E-state index is 0.0178. The Kier molecular flexibility index (Phi) is 7.46. The lowest BCUT2D eigenvalue weighted by Crippen LogP contribution is -2.64. The van der Waals surface area contributed by atoms with Crippen molar-refractivity contribution in [2.75, 3.05) is 14.7 Å². The van der Waals surface area contributed by atoms with E-state index in [1.807, 2.05) is 0 Å². The van der Waals surface area contributed by atoms with Crippen LogP contribution in [0.25, 0.3) is 0 Å². The van der Waals surface area contributed by atoms with Crippen molar-refractivity contribution < 1.29 is 0 Å². The van der Waals surface area contributed by atoms with E-state index >= 15 is 0 Å². The first-order valence-corrected chi connectivity index (χ1v) is 22.6. The molecule has 8 aromatic carbocycles. The zero-order chi connectivity index (χ0) is 41.4. The molecule has 62 heavy (non-hydrogen) atoms. The molecule has 0 aromatic heterocycles. The highest BCUT2D eigenvalue weighted by Gasteiger charge is 2.61. The maximum Gasteiger partial charge on any atom is 0.252 e. The average Bonchev–Trinajstić information content (AvgIpc) is 3.53. The second kappa shape index (κ2) is 12.9. The van der Waals surface area contributed by atoms with Gasteiger partial charge in [-0.25, -0.2) is 0 Å². The fourth-order valence-electron chi connectivity index (χ4n) is 13.0. The van der Waals surface area contributed by atoms with Gasteiger partial charge in [-0.2, -0.15) is 0 Å². The van der Waals surface area contributed by atoms with Crippen LogP contribution in [0.1, 0.15) is 72.9 Å². The van der Waals surface area contributed by atoms with Crippen molar-refractivity contribution in [1.82, 2.24) is 0 Å². The molecule has 2 atom stereocenters. The van der Waals surface area contributed by atoms with Gasteiger partial charge < -0.3 is 14.7 Å². The molecule has 0 radical (unpaired) electrons. The summed E-state index contributed by atoms with van der Waals surface area (Å²) in [6, 6.07) is 71.7. The third-order valence-corrected chi connectivity index (χ3v) is 15.8. The highest BCUT2D eigenvalue weighted by atomic mass is 15.3. The molecule has 3 nitrogen and oxygen atoms in total. The summed E-state index contributed by atoms with van der Waals surface area (Å²) in [5.74, 6) is 0. The lowest BCUT2D eigenvalue weighted by molar-refractivity contribution is 0.195. The zero-order valence-electron chi connectivity index (χ0n) is 35.6. The highest BCUT2D eigenvalue weighted by molar-refractivity contribution is 7.00. The second-order valence-corrected chi connectivity index (χ2v) is 18.9. The minimum Gasteiger partial charge on any atom is -0.335 e. The molecule has 0 spiro atoms. The molecule has 298 valence electrons. The topological polar surface area (TPSA) is 9.72 Å². The monoisotopic (exact) mass is 797 g/mol. The largest absolute Gasteiger partial charge is 0.335 e. The van der Waals surface area contributed by atoms with Gasteiger partial charge in [-0.15, -0.1) is 0 Å². The third-order valence-electron chi connectivity index (χ3n) is 15.8. The standard InChI is InChI=1S/C58H48BN3/c1-39-34-52-54-53(35-39)62-55-48(56(2)32-13-14-33-57(56,62)3)28-17-29-50(55)59(54)49-31-30-47-38-51(49)61(52)46-27-16-23-43(37-46)58(40-18-7-4-8-19-40,41-20-9-5-10-21-41)42-22-15-26-45(36-42)60(47)44-24-11-6-12-25-44/h4-12,15-31,34-38H,13-14,32-33H2,1-3H3. The van der Waals surface area contributed by atoms with Crippen molar-refractivity contribution in [2.45, 2.75) is 62.8 Å². The van der Waals surface area contributed by atoms with Gasteiger partial charge in [0.1, 0.15) is 0 Å². The summed E-state index contributed by atoms with van der Waals surface area (Å²) in [6.07, 6.45) is 4.95. The average molecular weight is 798 g/mol. The van der Waals surface area contributed by atoms with Gasteiger partial charge in [-0.1, -0.05) is 147 Å². The molecule has 2 unspecified atom stereocenters. The normalized spacial score (nSPS) is 20.7. The van der Waals surface area contributed by atoms with Crippen molar-refractivity contribution in [3.63, 3.8) is 0 Å². The van der Waals surface area contributed by atoms with Gasteiger partial charge in [0, 0.05) is 50.9 Å². The summed E-state index contributed by atoms with van der Waals surface area (Å²) in [5, 5.41) is 0. The fraction of sp³-hybridized carbons (Fsp3) is 0.172. The van der Waals surface area contributed by atoms with Crippen LogP contribution in [-0.2, 0) is 10.8 Å². The van der Waals surface area contributed by atoms with E-state index in [-0.39, 0.29) is 17.7 Å². The number of benzene rings is 8. The number of hydrogen-bond acceptors (Lipinski definition) is 3. The molecule has 5 aliphatic rings. The predicted octanol–water partition coefficient (Wildman–Crippen LogP) is 12.5. The quantitative estimate of drug-likeness (QED) is 0.165. The Morgan fingerprint density at radius 2 is 1.02 bits per heavy atom. The van der Waals surface area contributed by atoms with Crippen LogP contribution in [0.2, 0.25) is 0 Å². The van der Waals surface area contributed by atoms with E-state index in [1.165, 1.54) is 104 Å². The SMILES string of the molecule is Cc1cc2c3c(c1)N1c4c(cccc4C4(C)CCCCC14C)B3c1ccc3cc1N2c1cccc(c1)C(c1ccccc1)(c1ccccc1)c1cccc(c1)N3c1ccccc1. The van der Waals surface area contributed by atoms with Crippen molar-refractivity contribution in [3.05, 3.63) is 221 Å². The van der Waals surface area contributed by atoms with E-state index in [0.717, 1.165) is 17.1 Å². The van der Waals surface area contributed by atoms with E-state index in [9.17, 15) is 0 Å². The van der Waals surface area contributed by atoms with Gasteiger partial charge in [0.15, 0.2) is 0 Å². The number of anilines is 8. The molecule has 13 rings (SSSR count). The molecule has 4 aliphatic heterocycles. The van der Waals surface area contributed by atoms with Crippen LogP contribution in [0.15, 0.2) is 188 Å². The summed E-state index contributed by atoms with van der Waals surface area (Å²) >= 11 is 0. The maximum absolute atomic E-state index is 2.84. The number of nitrogens with zero attached hydrogens (tertiary/aromatic N) is 3. The number of hydrogen-bond donors (Lipinski definition) is 0. The Bertz CT molecular complexity index is 3070. The van der Waals surface area contributed by atoms with Crippen LogP contribution in [0.5, 0.6) is 0 Å². The molecule has 0 saturated heterocycles. The first-order valence-electron chi connectivity index (χ1n) is 22.6. The number of aryl methyl sites for hydroxylation is 1. The van der Waals surface area contributed by atoms with Crippen LogP contribution in [-0.4, -0.2) is 12.3 Å². The molecule has 1 fully saturated rings. The second-order valence-electron chi connectivity index (χ2n) is 18.9. The number of para-hydroxylation sites is 2. The Morgan fingerprint density at radius 1 is 0.452 bits per heavy atom. The zero-order valence-corrected chi connectivity index (χ0v) is 35.6. The number of fused-ring (bicyclic) bond motifs is 13. The maximum atomic E-state index is 2.84. The molecule has 8 aromatic rings. The molecule has 6 bridgehead atoms. The molecule has 4 heterocycles. The van der Waals surface area contributed by atoms with Crippen molar-refractivity contribution in [1.29, 1.82) is 0 Å². The molecule has 0 amide bonds. The van der Waals surface area contributed by atoms with Gasteiger partial charge in [-0.3, -0.25) is 0 Å². The summed E-state index contributed by atoms with van der Waals surface area (Å²) in [4.78, 5) is 7.92. The lowest BCUT2D eigenvalue weighted by Gasteiger charge is -2.53. The molecule has 1 saturated carbocycles. The van der Waals surface area contributed by atoms with Crippen molar-refractivity contribution in [2.24, 2.45) is 0 Å². The van der Waals surface area contributed by atoms with Gasteiger partial charge in [0.05, 0.1) is 11.0 Å². The van der Waals surface area contributed by atoms with Crippen LogP contribution in [0.4, 0.5) is 45.5 Å². The minimum atomic E-state index is -0.623. The highest BCUT2D eigenvalue weighted by Crippen LogP contribution is 2.62. The first-order chi connectivity index (χ1) is 30.4. The molecular weight excluding hydrogens is 749 g/mol. The van der Waals surface area contributed by atoms with Gasteiger partial charge in [0.2, 0.25) is 0 Å². The Balaban J connectivity index is 1.17. The Hall–Kier alpha value is -6.78. The smallest absolute Gasteiger partial charge is 0.252 e. The van der Waals surface area contributed by atoms with Gasteiger partial charge in [-0.05, 0) is 137 Å². The van der Waals surface area contributed by atoms with Crippen LogP contribution in [0, 0.1) is 6.92 Å². The summed E-state index contributed by atoms with van der Waals surface area (Å²) in [7, 11) is 0. The molecule has 1 aliphatic carbocycles. The van der Waals surface area contributed by atoms with E-state index in [0.29, 0.717) is 0 Å². The molecule has 4 heteroatoms. The van der Waals surface area contributed by atoms with E-state index in [4.69, 9.17) is 0 Å². The Morgan fingerprint density at radius 3 is 1.71 bits per heavy atom. The van der Waals surface area contributed by atoms with E-state index < -0.39 is 5.41 Å². The fourth-order valence-corrected chi connectivity index (χ4v) is 13.0. The number of rotatable bonds is 3. The summed E-state index contributed by atoms with van der Waals surface area (Å²) in [5.41, 5.74) is 21.3. The predicted molar refractivity (Wildman–Crippen MR) is 260 cm³/mol. The molecule has 0 N–H and O–H groups in total. The van der Waals surface area contributed by atoms with Crippen molar-refractivity contribution in [3.8, 4) is 0 Å². The molecular formula is C58H48BN3. The lowest BCUT2D eigenvalue weighted by atomic mass is 9.33. The Labute approximate surface area is 366 Å². The van der Waals surface area contributed by atoms with Crippen molar-refractivity contribution >= 4 is 68.6 Å². The van der Waals surface area contributed by atoms with Crippen LogP contribution < -0.4 is 31.1 Å². The van der Waals surface area contributed by atoms with E-state index in [1.54, 1.807) is 0 Å². The van der Waals surface area contributed by atoms with Gasteiger partial charge >= 0.3 is 0 Å². The summed E-state index contributed by atoms with van der Waals surface area (Å²) in [6.45, 7) is 7.55. The van der Waals surface area contributed by atoms with Gasteiger partial charge in [0.25, 0.3) is 6.71 Å². The van der Waals surface area contributed by atoms with Crippen LogP contribution in [0.3, 0.4) is 0 Å². The summed E-state index contributed by atoms with van der Waals surface area (Å²) < 4.78 is 0.